The second-order valence-corrected chi connectivity index (χ2v) is 8.11. The first-order chi connectivity index (χ1) is 12.3. The van der Waals surface area contributed by atoms with Crippen LogP contribution in [0, 0.1) is 5.41 Å². The lowest BCUT2D eigenvalue weighted by Crippen LogP contribution is -2.39. The van der Waals surface area contributed by atoms with Gasteiger partial charge in [0.15, 0.2) is 0 Å². The van der Waals surface area contributed by atoms with Crippen molar-refractivity contribution in [3.8, 4) is 0 Å². The molecule has 2 aromatic rings. The number of benzene rings is 1. The largest absolute Gasteiger partial charge is 0.347 e. The van der Waals surface area contributed by atoms with Crippen LogP contribution in [-0.4, -0.2) is 45.6 Å². The monoisotopic (exact) mass is 354 g/mol. The van der Waals surface area contributed by atoms with Crippen molar-refractivity contribution in [2.45, 2.75) is 39.8 Å². The van der Waals surface area contributed by atoms with Gasteiger partial charge in [-0.05, 0) is 29.2 Å². The normalized spacial score (nSPS) is 17.6. The highest BCUT2D eigenvalue weighted by atomic mass is 16.2. The van der Waals surface area contributed by atoms with Gasteiger partial charge in [0.25, 0.3) is 5.91 Å². The van der Waals surface area contributed by atoms with E-state index in [1.807, 2.05) is 40.0 Å². The van der Waals surface area contributed by atoms with E-state index in [9.17, 15) is 9.59 Å². The molecule has 1 aliphatic heterocycles. The summed E-state index contributed by atoms with van der Waals surface area (Å²) in [7, 11) is 0. The standard InChI is InChI=1S/C20H26N4O2/c1-20(2,3)14-23-13-17(11-18(23)25)22-19(26)16-7-4-6-15(10-16)12-24-9-5-8-21-24/h4-10,17H,11-14H2,1-3H3,(H,22,26)/t17-/m0/s1. The number of nitrogens with zero attached hydrogens (tertiary/aromatic N) is 3. The van der Waals surface area contributed by atoms with Crippen molar-refractivity contribution in [3.05, 3.63) is 53.9 Å². The van der Waals surface area contributed by atoms with Crippen LogP contribution in [0.25, 0.3) is 0 Å². The predicted octanol–water partition coefficient (Wildman–Crippen LogP) is 2.31. The molecule has 1 atom stereocenters. The zero-order valence-electron chi connectivity index (χ0n) is 15.6. The lowest BCUT2D eigenvalue weighted by Gasteiger charge is -2.26. The van der Waals surface area contributed by atoms with E-state index in [2.05, 4.69) is 31.2 Å². The molecular formula is C20H26N4O2. The summed E-state index contributed by atoms with van der Waals surface area (Å²) >= 11 is 0. The fourth-order valence-electron chi connectivity index (χ4n) is 3.25. The van der Waals surface area contributed by atoms with Gasteiger partial charge in [0.2, 0.25) is 5.91 Å². The van der Waals surface area contributed by atoms with Crippen molar-refractivity contribution < 1.29 is 9.59 Å². The van der Waals surface area contributed by atoms with Crippen LogP contribution in [0.1, 0.15) is 43.1 Å². The molecular weight excluding hydrogens is 328 g/mol. The first-order valence-electron chi connectivity index (χ1n) is 8.95. The van der Waals surface area contributed by atoms with Crippen molar-refractivity contribution in [3.63, 3.8) is 0 Å². The summed E-state index contributed by atoms with van der Waals surface area (Å²) in [5.74, 6) is -0.0274. The van der Waals surface area contributed by atoms with Gasteiger partial charge in [0, 0.05) is 37.5 Å². The van der Waals surface area contributed by atoms with Gasteiger partial charge in [-0.15, -0.1) is 0 Å². The van der Waals surface area contributed by atoms with Crippen molar-refractivity contribution in [1.29, 1.82) is 0 Å². The van der Waals surface area contributed by atoms with Gasteiger partial charge in [0.1, 0.15) is 0 Å². The second kappa shape index (κ2) is 7.32. The Morgan fingerprint density at radius 3 is 2.81 bits per heavy atom. The van der Waals surface area contributed by atoms with E-state index >= 15 is 0 Å². The van der Waals surface area contributed by atoms with Crippen LogP contribution < -0.4 is 5.32 Å². The number of hydrogen-bond donors (Lipinski definition) is 1. The summed E-state index contributed by atoms with van der Waals surface area (Å²) in [5.41, 5.74) is 1.67. The molecule has 1 aliphatic rings. The lowest BCUT2D eigenvalue weighted by molar-refractivity contribution is -0.128. The number of amides is 2. The molecule has 138 valence electrons. The molecule has 1 aromatic carbocycles. The van der Waals surface area contributed by atoms with Crippen LogP contribution in [0.4, 0.5) is 0 Å². The minimum atomic E-state index is -0.136. The predicted molar refractivity (Wildman–Crippen MR) is 99.7 cm³/mol. The lowest BCUT2D eigenvalue weighted by atomic mass is 9.96. The van der Waals surface area contributed by atoms with E-state index in [0.717, 1.165) is 5.56 Å². The number of nitrogens with one attached hydrogen (secondary N) is 1. The molecule has 0 saturated carbocycles. The molecule has 2 amide bonds. The van der Waals surface area contributed by atoms with E-state index in [-0.39, 0.29) is 23.3 Å². The molecule has 0 radical (unpaired) electrons. The molecule has 1 aromatic heterocycles. The highest BCUT2D eigenvalue weighted by molar-refractivity contribution is 5.95. The summed E-state index contributed by atoms with van der Waals surface area (Å²) in [6.45, 7) is 8.23. The molecule has 6 heteroatoms. The van der Waals surface area contributed by atoms with Crippen LogP contribution >= 0.6 is 0 Å². The van der Waals surface area contributed by atoms with Gasteiger partial charge in [-0.1, -0.05) is 32.9 Å². The van der Waals surface area contributed by atoms with E-state index < -0.39 is 0 Å². The summed E-state index contributed by atoms with van der Waals surface area (Å²) in [6.07, 6.45) is 3.99. The fraction of sp³-hybridized carbons (Fsp3) is 0.450. The molecule has 3 rings (SSSR count). The average molecular weight is 354 g/mol. The number of carbonyl (C=O) groups is 2. The average Bonchev–Trinajstić information content (AvgIpc) is 3.16. The van der Waals surface area contributed by atoms with Crippen LogP contribution in [0.2, 0.25) is 0 Å². The van der Waals surface area contributed by atoms with Gasteiger partial charge in [-0.2, -0.15) is 5.10 Å². The first-order valence-corrected chi connectivity index (χ1v) is 8.95. The number of hydrogen-bond acceptors (Lipinski definition) is 3. The zero-order valence-corrected chi connectivity index (χ0v) is 15.6. The molecule has 0 aliphatic carbocycles. The third kappa shape index (κ3) is 4.71. The Morgan fingerprint density at radius 2 is 2.12 bits per heavy atom. The molecule has 0 spiro atoms. The highest BCUT2D eigenvalue weighted by Gasteiger charge is 2.32. The van der Waals surface area contributed by atoms with Crippen molar-refractivity contribution in [1.82, 2.24) is 20.0 Å². The Hall–Kier alpha value is -2.63. The van der Waals surface area contributed by atoms with Gasteiger partial charge in [-0.3, -0.25) is 14.3 Å². The number of aromatic nitrogens is 2. The van der Waals surface area contributed by atoms with Crippen molar-refractivity contribution in [2.24, 2.45) is 5.41 Å². The Labute approximate surface area is 154 Å². The number of likely N-dealkylation sites (tertiary alicyclic amines) is 1. The van der Waals surface area contributed by atoms with Crippen LogP contribution in [0.5, 0.6) is 0 Å². The Bertz CT molecular complexity index is 777. The third-order valence-corrected chi connectivity index (χ3v) is 4.31. The van der Waals surface area contributed by atoms with Crippen molar-refractivity contribution in [2.75, 3.05) is 13.1 Å². The van der Waals surface area contributed by atoms with Crippen LogP contribution in [-0.2, 0) is 11.3 Å². The van der Waals surface area contributed by atoms with Crippen LogP contribution in [0.15, 0.2) is 42.7 Å². The van der Waals surface area contributed by atoms with E-state index in [4.69, 9.17) is 0 Å². The molecule has 2 heterocycles. The number of rotatable bonds is 5. The molecule has 1 saturated heterocycles. The summed E-state index contributed by atoms with van der Waals surface area (Å²) in [4.78, 5) is 26.6. The maximum Gasteiger partial charge on any atom is 0.251 e. The maximum atomic E-state index is 12.6. The third-order valence-electron chi connectivity index (χ3n) is 4.31. The van der Waals surface area contributed by atoms with Crippen LogP contribution in [0.3, 0.4) is 0 Å². The summed E-state index contributed by atoms with van der Waals surface area (Å²) in [5, 5.41) is 7.19. The minimum absolute atomic E-state index is 0.0510. The Morgan fingerprint density at radius 1 is 1.31 bits per heavy atom. The molecule has 26 heavy (non-hydrogen) atoms. The molecule has 1 fully saturated rings. The molecule has 0 unspecified atom stereocenters. The highest BCUT2D eigenvalue weighted by Crippen LogP contribution is 2.20. The quantitative estimate of drug-likeness (QED) is 0.896. The number of carbonyl (C=O) groups excluding carboxylic acids is 2. The smallest absolute Gasteiger partial charge is 0.251 e. The fourth-order valence-corrected chi connectivity index (χ4v) is 3.25. The summed E-state index contributed by atoms with van der Waals surface area (Å²) in [6, 6.07) is 9.26. The van der Waals surface area contributed by atoms with E-state index in [0.29, 0.717) is 31.6 Å². The SMILES string of the molecule is CC(C)(C)CN1C[C@@H](NC(=O)c2cccc(Cn3cccn3)c2)CC1=O. The van der Waals surface area contributed by atoms with E-state index in [1.54, 1.807) is 12.3 Å². The topological polar surface area (TPSA) is 67.2 Å². The first kappa shape index (κ1) is 18.2. The second-order valence-electron chi connectivity index (χ2n) is 8.11. The Kier molecular flexibility index (Phi) is 5.11. The molecule has 6 nitrogen and oxygen atoms in total. The van der Waals surface area contributed by atoms with Gasteiger partial charge in [0.05, 0.1) is 12.6 Å². The molecule has 0 bridgehead atoms. The van der Waals surface area contributed by atoms with E-state index in [1.165, 1.54) is 0 Å². The molecule has 1 N–H and O–H groups in total. The summed E-state index contributed by atoms with van der Waals surface area (Å²) < 4.78 is 1.82. The van der Waals surface area contributed by atoms with Crippen molar-refractivity contribution >= 4 is 11.8 Å². The van der Waals surface area contributed by atoms with Gasteiger partial charge < -0.3 is 10.2 Å². The maximum absolute atomic E-state index is 12.6. The zero-order chi connectivity index (χ0) is 18.7. The minimum Gasteiger partial charge on any atom is -0.347 e. The van der Waals surface area contributed by atoms with Gasteiger partial charge >= 0.3 is 0 Å². The Balaban J connectivity index is 1.61. The van der Waals surface area contributed by atoms with Gasteiger partial charge in [-0.25, -0.2) is 0 Å².